The average Bonchev–Trinajstić information content (AvgIpc) is 3.20. The van der Waals surface area contributed by atoms with Gasteiger partial charge in [0.25, 0.3) is 0 Å². The molecule has 0 saturated carbocycles. The molecule has 13 heteroatoms. The number of benzene rings is 1. The van der Waals surface area contributed by atoms with Crippen LogP contribution in [0.15, 0.2) is 36.7 Å². The minimum absolute atomic E-state index is 0.0301. The summed E-state index contributed by atoms with van der Waals surface area (Å²) in [6.45, 7) is -0.0301. The van der Waals surface area contributed by atoms with Gasteiger partial charge in [0, 0.05) is 0 Å². The zero-order chi connectivity index (χ0) is 20.2. The third-order valence-electron chi connectivity index (χ3n) is 4.69. The second-order valence-corrected chi connectivity index (χ2v) is 8.19. The van der Waals surface area contributed by atoms with E-state index >= 15 is 0 Å². The number of fused-ring (bicyclic) bond motifs is 2. The molecular formula is C16H16BN5O6P+. The molecule has 1 aromatic carbocycles. The van der Waals surface area contributed by atoms with Crippen molar-refractivity contribution >= 4 is 32.4 Å². The molecule has 2 fully saturated rings. The molecule has 0 bridgehead atoms. The van der Waals surface area contributed by atoms with Crippen LogP contribution in [0.2, 0.25) is 0 Å². The van der Waals surface area contributed by atoms with E-state index in [1.54, 1.807) is 12.1 Å². The van der Waals surface area contributed by atoms with Gasteiger partial charge in [-0.25, -0.2) is 19.4 Å². The van der Waals surface area contributed by atoms with E-state index in [4.69, 9.17) is 31.8 Å². The van der Waals surface area contributed by atoms with Crippen LogP contribution in [0.5, 0.6) is 11.8 Å². The zero-order valence-corrected chi connectivity index (χ0v) is 15.8. The molecule has 0 aliphatic carbocycles. The van der Waals surface area contributed by atoms with E-state index in [9.17, 15) is 10.00 Å². The molecule has 5 rings (SSSR count). The van der Waals surface area contributed by atoms with Crippen molar-refractivity contribution in [3.8, 4) is 11.8 Å². The Balaban J connectivity index is 1.58. The third-order valence-corrected chi connectivity index (χ3v) is 5.75. The number of aliphatic hydroxyl groups is 1. The summed E-state index contributed by atoms with van der Waals surface area (Å²) in [5.74, 6) is 0.667. The van der Waals surface area contributed by atoms with Crippen LogP contribution in [0.3, 0.4) is 0 Å². The maximum atomic E-state index is 10.9. The Labute approximate surface area is 166 Å². The minimum atomic E-state index is -3.51. The van der Waals surface area contributed by atoms with Gasteiger partial charge in [-0.3, -0.25) is 0 Å². The topological polar surface area (TPSA) is 147 Å². The summed E-state index contributed by atoms with van der Waals surface area (Å²) in [5.41, 5.74) is 6.55. The van der Waals surface area contributed by atoms with Crippen LogP contribution in [-0.4, -0.2) is 62.0 Å². The van der Waals surface area contributed by atoms with E-state index in [0.717, 1.165) is 0 Å². The predicted octanol–water partition coefficient (Wildman–Crippen LogP) is 0.713. The lowest BCUT2D eigenvalue weighted by atomic mass is 10.1. The molecule has 148 valence electrons. The Kier molecular flexibility index (Phi) is 4.43. The number of para-hydroxylation sites is 1. The Morgan fingerprint density at radius 1 is 1.28 bits per heavy atom. The second-order valence-electron chi connectivity index (χ2n) is 6.60. The second kappa shape index (κ2) is 6.87. The summed E-state index contributed by atoms with van der Waals surface area (Å²) in [7, 11) is 2.07. The summed E-state index contributed by atoms with van der Waals surface area (Å²) in [5, 5.41) is 10.9. The van der Waals surface area contributed by atoms with Gasteiger partial charge < -0.3 is 20.3 Å². The molecule has 4 heterocycles. The number of imidazole rings is 1. The van der Waals surface area contributed by atoms with Crippen LogP contribution in [0.25, 0.3) is 11.2 Å². The summed E-state index contributed by atoms with van der Waals surface area (Å²) in [4.78, 5) is 22.5. The van der Waals surface area contributed by atoms with Crippen molar-refractivity contribution in [1.29, 1.82) is 0 Å². The number of rotatable bonds is 3. The maximum absolute atomic E-state index is 10.9. The fraction of sp³-hybridized carbons (Fsp3) is 0.312. The Hall–Kier alpha value is -2.34. The van der Waals surface area contributed by atoms with E-state index in [0.29, 0.717) is 16.9 Å². The Morgan fingerprint density at radius 3 is 2.86 bits per heavy atom. The molecule has 1 unspecified atom stereocenters. The first-order valence-electron chi connectivity index (χ1n) is 8.71. The molecule has 3 aromatic rings. The first-order valence-corrected chi connectivity index (χ1v) is 10.4. The Morgan fingerprint density at radius 2 is 2.07 bits per heavy atom. The lowest BCUT2D eigenvalue weighted by Crippen LogP contribution is -2.40. The lowest BCUT2D eigenvalue weighted by Gasteiger charge is -2.27. The molecule has 2 saturated heterocycles. The summed E-state index contributed by atoms with van der Waals surface area (Å²) < 4.78 is 23.8. The number of hydrogen-bond donors (Lipinski definition) is 3. The van der Waals surface area contributed by atoms with E-state index in [1.165, 1.54) is 10.9 Å². The van der Waals surface area contributed by atoms with Gasteiger partial charge in [0.1, 0.15) is 30.9 Å². The van der Waals surface area contributed by atoms with Gasteiger partial charge in [-0.15, -0.1) is 0 Å². The van der Waals surface area contributed by atoms with Crippen molar-refractivity contribution in [2.45, 2.75) is 24.5 Å². The average molecular weight is 416 g/mol. The van der Waals surface area contributed by atoms with Crippen molar-refractivity contribution in [2.75, 3.05) is 12.3 Å². The van der Waals surface area contributed by atoms with E-state index in [2.05, 4.69) is 15.0 Å². The number of nitrogen functional groups attached to an aromatic ring is 1. The molecule has 5 atom stereocenters. The number of aliphatic hydroxyl groups excluding tert-OH is 1. The largest absolute Gasteiger partial charge is 0.488 e. The van der Waals surface area contributed by atoms with Crippen LogP contribution < -0.4 is 10.5 Å². The molecule has 2 radical (unpaired) electrons. The quantitative estimate of drug-likeness (QED) is 0.412. The highest BCUT2D eigenvalue weighted by atomic mass is 31.2. The van der Waals surface area contributed by atoms with E-state index in [1.807, 2.05) is 18.2 Å². The lowest BCUT2D eigenvalue weighted by molar-refractivity contribution is -0.0618. The number of nitrogens with two attached hydrogens (primary N) is 1. The van der Waals surface area contributed by atoms with Gasteiger partial charge in [-0.05, 0) is 12.1 Å². The third kappa shape index (κ3) is 3.23. The van der Waals surface area contributed by atoms with Gasteiger partial charge >= 0.3 is 21.4 Å². The fourth-order valence-electron chi connectivity index (χ4n) is 3.38. The first kappa shape index (κ1) is 18.7. The van der Waals surface area contributed by atoms with Crippen molar-refractivity contribution in [3.05, 3.63) is 36.7 Å². The monoisotopic (exact) mass is 416 g/mol. The summed E-state index contributed by atoms with van der Waals surface area (Å²) >= 11 is 0. The van der Waals surface area contributed by atoms with Crippen LogP contribution in [0.1, 0.15) is 6.23 Å². The molecule has 2 aliphatic rings. The molecule has 0 spiro atoms. The molecular weight excluding hydrogens is 400 g/mol. The van der Waals surface area contributed by atoms with Gasteiger partial charge in [0.05, 0.1) is 0 Å². The van der Waals surface area contributed by atoms with Crippen LogP contribution >= 0.6 is 7.82 Å². The fourth-order valence-corrected chi connectivity index (χ4v) is 4.41. The number of ether oxygens (including phenoxy) is 2. The molecule has 29 heavy (non-hydrogen) atoms. The van der Waals surface area contributed by atoms with Crippen LogP contribution in [0, 0.1) is 0 Å². The predicted molar refractivity (Wildman–Crippen MR) is 102 cm³/mol. The van der Waals surface area contributed by atoms with Crippen LogP contribution in [0.4, 0.5) is 5.82 Å². The van der Waals surface area contributed by atoms with E-state index < -0.39 is 32.4 Å². The van der Waals surface area contributed by atoms with Gasteiger partial charge in [-0.1, -0.05) is 18.2 Å². The normalized spacial score (nSPS) is 31.7. The summed E-state index contributed by atoms with van der Waals surface area (Å²) in [6.07, 6.45) is -2.46. The SMILES string of the molecule is [B][P+]1(O)OC[C@H]2O[C@@H](n3c(Oc4ccccc4)nc4c(N)ncnc43)[C@H](O)[C@@H]2O1. The highest BCUT2D eigenvalue weighted by molar-refractivity contribution is 7.85. The van der Waals surface area contributed by atoms with Gasteiger partial charge in [0.2, 0.25) is 0 Å². The smallest absolute Gasteiger partial charge is 0.425 e. The molecule has 11 nitrogen and oxygen atoms in total. The van der Waals surface area contributed by atoms with Gasteiger partial charge in [-0.2, -0.15) is 14.0 Å². The van der Waals surface area contributed by atoms with Gasteiger partial charge in [0.15, 0.2) is 29.3 Å². The maximum Gasteiger partial charge on any atom is 0.488 e. The highest BCUT2D eigenvalue weighted by Crippen LogP contribution is 2.58. The number of nitrogens with zero attached hydrogens (tertiary/aromatic N) is 4. The highest BCUT2D eigenvalue weighted by Gasteiger charge is 2.57. The molecule has 2 aromatic heterocycles. The molecule has 0 amide bonds. The van der Waals surface area contributed by atoms with Crippen molar-refractivity contribution in [2.24, 2.45) is 0 Å². The van der Waals surface area contributed by atoms with Crippen LogP contribution in [-0.2, 0) is 13.8 Å². The minimum Gasteiger partial charge on any atom is -0.425 e. The number of aromatic nitrogens is 4. The van der Waals surface area contributed by atoms with Crippen molar-refractivity contribution < 1.29 is 28.5 Å². The van der Waals surface area contributed by atoms with E-state index in [-0.39, 0.29) is 18.4 Å². The number of hydrogen-bond acceptors (Lipinski definition) is 10. The Bertz CT molecular complexity index is 1050. The number of anilines is 1. The zero-order valence-electron chi connectivity index (χ0n) is 14.9. The first-order chi connectivity index (χ1) is 13.9. The molecule has 4 N–H and O–H groups in total. The summed E-state index contributed by atoms with van der Waals surface area (Å²) in [6, 6.07) is 9.06. The molecule has 2 aliphatic heterocycles. The van der Waals surface area contributed by atoms with Crippen molar-refractivity contribution in [1.82, 2.24) is 19.5 Å². The standard InChI is InChI=1S/C16H16BN5O6P/c17-29(24)25-6-9-12(28-29)11(23)15(27-9)22-14-10(13(18)19-7-20-14)21-16(22)26-8-4-2-1-3-5-8/h1-5,7,9,11-12,15,23-24H,6H2,(H2,18,19,20)/q+1/t9-,11-,12-,15-,29?/m1/s1. The van der Waals surface area contributed by atoms with Crippen molar-refractivity contribution in [3.63, 3.8) is 0 Å².